The summed E-state index contributed by atoms with van der Waals surface area (Å²) in [4.78, 5) is 11.0. The molecule has 0 spiro atoms. The van der Waals surface area contributed by atoms with Gasteiger partial charge in [-0.25, -0.2) is 4.39 Å². The number of carbonyl (C=O) groups excluding carboxylic acids is 1. The van der Waals surface area contributed by atoms with E-state index < -0.39 is 5.67 Å². The Kier molecular flexibility index (Phi) is 4.42. The van der Waals surface area contributed by atoms with E-state index in [0.717, 1.165) is 5.56 Å². The van der Waals surface area contributed by atoms with E-state index in [4.69, 9.17) is 4.74 Å². The van der Waals surface area contributed by atoms with Crippen LogP contribution in [0.3, 0.4) is 0 Å². The quantitative estimate of drug-likeness (QED) is 0.743. The van der Waals surface area contributed by atoms with Gasteiger partial charge in [-0.15, -0.1) is 0 Å². The maximum absolute atomic E-state index is 14.5. The fraction of sp³-hybridized carbons (Fsp3) is 0.188. The Morgan fingerprint density at radius 1 is 1.00 bits per heavy atom. The molecule has 2 aromatic carbocycles. The lowest BCUT2D eigenvalue weighted by atomic mass is 9.98. The lowest BCUT2D eigenvalue weighted by Gasteiger charge is -2.19. The van der Waals surface area contributed by atoms with Gasteiger partial charge in [0.15, 0.2) is 6.29 Å². The van der Waals surface area contributed by atoms with Gasteiger partial charge in [-0.2, -0.15) is 0 Å². The van der Waals surface area contributed by atoms with Crippen LogP contribution in [0, 0.1) is 0 Å². The number of hydrogen-bond acceptors (Lipinski definition) is 2. The number of hydrogen-bond donors (Lipinski definition) is 0. The number of aldehydes is 1. The molecule has 1 atom stereocenters. The van der Waals surface area contributed by atoms with Crippen LogP contribution in [0.25, 0.3) is 0 Å². The van der Waals surface area contributed by atoms with E-state index in [0.29, 0.717) is 11.8 Å². The summed E-state index contributed by atoms with van der Waals surface area (Å²) in [5.41, 5.74) is -0.822. The summed E-state index contributed by atoms with van der Waals surface area (Å²) in [6, 6.07) is 17.8. The Hall–Kier alpha value is -2.00. The molecule has 0 heterocycles. The standard InChI is InChI=1S/C16H15FO2/c17-16(12-18,15-9-5-2-6-10-15)13-19-11-14-7-3-1-4-8-14/h1-10,12H,11,13H2. The van der Waals surface area contributed by atoms with Gasteiger partial charge in [0.25, 0.3) is 0 Å². The zero-order chi connectivity index (χ0) is 13.6. The Labute approximate surface area is 111 Å². The maximum atomic E-state index is 14.5. The summed E-state index contributed by atoms with van der Waals surface area (Å²) in [6.45, 7) is 0.00257. The monoisotopic (exact) mass is 258 g/mol. The zero-order valence-electron chi connectivity index (χ0n) is 10.5. The number of ether oxygens (including phenoxy) is 1. The normalized spacial score (nSPS) is 13.7. The molecule has 0 aliphatic heterocycles. The SMILES string of the molecule is O=CC(F)(COCc1ccccc1)c1ccccc1. The van der Waals surface area contributed by atoms with Crippen LogP contribution in [0.2, 0.25) is 0 Å². The average Bonchev–Trinajstić information content (AvgIpc) is 2.49. The third kappa shape index (κ3) is 3.48. The second-order valence-electron chi connectivity index (χ2n) is 4.32. The van der Waals surface area contributed by atoms with Crippen molar-refractivity contribution in [2.45, 2.75) is 12.3 Å². The van der Waals surface area contributed by atoms with Gasteiger partial charge in [0, 0.05) is 0 Å². The van der Waals surface area contributed by atoms with Gasteiger partial charge >= 0.3 is 0 Å². The molecule has 19 heavy (non-hydrogen) atoms. The van der Waals surface area contributed by atoms with Gasteiger partial charge in [-0.1, -0.05) is 60.7 Å². The summed E-state index contributed by atoms with van der Waals surface area (Å²) >= 11 is 0. The lowest BCUT2D eigenvalue weighted by Crippen LogP contribution is -2.28. The number of alkyl halides is 1. The molecule has 0 aliphatic carbocycles. The molecule has 1 unspecified atom stereocenters. The molecule has 2 nitrogen and oxygen atoms in total. The zero-order valence-corrected chi connectivity index (χ0v) is 10.5. The Morgan fingerprint density at radius 2 is 1.58 bits per heavy atom. The second-order valence-corrected chi connectivity index (χ2v) is 4.32. The van der Waals surface area contributed by atoms with Crippen LogP contribution in [-0.4, -0.2) is 12.9 Å². The van der Waals surface area contributed by atoms with Gasteiger partial charge < -0.3 is 4.74 Å². The van der Waals surface area contributed by atoms with Crippen LogP contribution in [0.4, 0.5) is 4.39 Å². The van der Waals surface area contributed by atoms with Gasteiger partial charge in [0.2, 0.25) is 5.67 Å². The van der Waals surface area contributed by atoms with Crippen LogP contribution in [0.15, 0.2) is 60.7 Å². The van der Waals surface area contributed by atoms with E-state index in [2.05, 4.69) is 0 Å². The largest absolute Gasteiger partial charge is 0.373 e. The summed E-state index contributed by atoms with van der Waals surface area (Å²) in [5.74, 6) is 0. The van der Waals surface area contributed by atoms with Crippen LogP contribution in [0.1, 0.15) is 11.1 Å². The summed E-state index contributed by atoms with van der Waals surface area (Å²) in [7, 11) is 0. The predicted octanol–water partition coefficient (Wildman–Crippen LogP) is 3.27. The van der Waals surface area contributed by atoms with E-state index in [1.54, 1.807) is 30.3 Å². The molecular formula is C16H15FO2. The lowest BCUT2D eigenvalue weighted by molar-refractivity contribution is -0.123. The molecule has 0 saturated carbocycles. The highest BCUT2D eigenvalue weighted by molar-refractivity contribution is 5.66. The molecule has 98 valence electrons. The number of carbonyl (C=O) groups is 1. The van der Waals surface area contributed by atoms with Crippen molar-refractivity contribution in [1.82, 2.24) is 0 Å². The van der Waals surface area contributed by atoms with Crippen molar-refractivity contribution >= 4 is 6.29 Å². The Morgan fingerprint density at radius 3 is 2.16 bits per heavy atom. The molecule has 0 aromatic heterocycles. The first-order valence-electron chi connectivity index (χ1n) is 6.07. The molecular weight excluding hydrogens is 243 g/mol. The smallest absolute Gasteiger partial charge is 0.213 e. The summed E-state index contributed by atoms with van der Waals surface area (Å²) < 4.78 is 19.8. The van der Waals surface area contributed by atoms with E-state index in [1.807, 2.05) is 30.3 Å². The minimum absolute atomic E-state index is 0.282. The molecule has 0 radical (unpaired) electrons. The highest BCUT2D eigenvalue weighted by Crippen LogP contribution is 2.24. The molecule has 0 saturated heterocycles. The molecule has 0 amide bonds. The highest BCUT2D eigenvalue weighted by atomic mass is 19.1. The molecule has 3 heteroatoms. The van der Waals surface area contributed by atoms with Gasteiger partial charge in [0.05, 0.1) is 13.2 Å². The number of halogens is 1. The van der Waals surface area contributed by atoms with E-state index >= 15 is 0 Å². The first-order valence-corrected chi connectivity index (χ1v) is 6.07. The molecule has 0 bridgehead atoms. The van der Waals surface area contributed by atoms with Crippen molar-refractivity contribution in [3.63, 3.8) is 0 Å². The highest BCUT2D eigenvalue weighted by Gasteiger charge is 2.31. The van der Waals surface area contributed by atoms with Crippen molar-refractivity contribution in [2.24, 2.45) is 0 Å². The summed E-state index contributed by atoms with van der Waals surface area (Å²) in [6.07, 6.45) is 0.299. The first kappa shape index (κ1) is 13.4. The maximum Gasteiger partial charge on any atom is 0.213 e. The van der Waals surface area contributed by atoms with Crippen molar-refractivity contribution in [3.8, 4) is 0 Å². The molecule has 0 aliphatic rings. The molecule has 0 fully saturated rings. The van der Waals surface area contributed by atoms with Gasteiger partial charge in [-0.05, 0) is 11.1 Å². The average molecular weight is 258 g/mol. The van der Waals surface area contributed by atoms with Crippen molar-refractivity contribution in [3.05, 3.63) is 71.8 Å². The number of rotatable bonds is 6. The second kappa shape index (κ2) is 6.25. The molecule has 2 rings (SSSR count). The van der Waals surface area contributed by atoms with Crippen molar-refractivity contribution in [1.29, 1.82) is 0 Å². The van der Waals surface area contributed by atoms with Gasteiger partial charge in [-0.3, -0.25) is 4.79 Å². The third-order valence-corrected chi connectivity index (χ3v) is 2.86. The van der Waals surface area contributed by atoms with Gasteiger partial charge in [0.1, 0.15) is 0 Å². The Balaban J connectivity index is 1.98. The minimum atomic E-state index is -2.09. The van der Waals surface area contributed by atoms with Crippen molar-refractivity contribution in [2.75, 3.05) is 6.61 Å². The first-order chi connectivity index (χ1) is 9.24. The predicted molar refractivity (Wildman–Crippen MR) is 71.4 cm³/mol. The molecule has 2 aromatic rings. The molecule has 0 N–H and O–H groups in total. The van der Waals surface area contributed by atoms with Crippen LogP contribution in [0.5, 0.6) is 0 Å². The fourth-order valence-corrected chi connectivity index (χ4v) is 1.79. The van der Waals surface area contributed by atoms with Crippen LogP contribution < -0.4 is 0 Å². The van der Waals surface area contributed by atoms with E-state index in [9.17, 15) is 9.18 Å². The van der Waals surface area contributed by atoms with E-state index in [1.165, 1.54) is 0 Å². The summed E-state index contributed by atoms with van der Waals surface area (Å²) in [5, 5.41) is 0. The minimum Gasteiger partial charge on any atom is -0.373 e. The van der Waals surface area contributed by atoms with Crippen molar-refractivity contribution < 1.29 is 13.9 Å². The topological polar surface area (TPSA) is 26.3 Å². The fourth-order valence-electron chi connectivity index (χ4n) is 1.79. The van der Waals surface area contributed by atoms with E-state index in [-0.39, 0.29) is 13.2 Å². The van der Waals surface area contributed by atoms with Crippen LogP contribution in [-0.2, 0) is 21.8 Å². The van der Waals surface area contributed by atoms with Crippen LogP contribution >= 0.6 is 0 Å². The third-order valence-electron chi connectivity index (χ3n) is 2.86. The number of benzene rings is 2. The Bertz CT molecular complexity index is 513.